The van der Waals surface area contributed by atoms with Crippen molar-refractivity contribution in [2.75, 3.05) is 26.4 Å². The maximum atomic E-state index is 14.5. The molecule has 0 saturated heterocycles. The molecule has 0 fully saturated rings. The molecule has 1 heterocycles. The second-order valence-corrected chi connectivity index (χ2v) is 17.2. The minimum absolute atomic E-state index is 0.0919. The summed E-state index contributed by atoms with van der Waals surface area (Å²) >= 11 is 6.04. The number of phenols is 2. The molecule has 4 atom stereocenters. The highest BCUT2D eigenvalue weighted by Crippen LogP contribution is 2.39. The van der Waals surface area contributed by atoms with E-state index in [9.17, 15) is 42.6 Å². The average molecular weight is 873 g/mol. The summed E-state index contributed by atoms with van der Waals surface area (Å²) in [4.78, 5) is 70.7. The minimum atomic E-state index is -3.46. The van der Waals surface area contributed by atoms with Gasteiger partial charge in [0.05, 0.1) is 0 Å². The lowest BCUT2D eigenvalue weighted by Crippen LogP contribution is -2.56. The lowest BCUT2D eigenvalue weighted by Gasteiger charge is -2.32. The summed E-state index contributed by atoms with van der Waals surface area (Å²) in [7, 11) is -2.08. The van der Waals surface area contributed by atoms with Crippen molar-refractivity contribution in [2.24, 2.45) is 5.73 Å². The predicted molar refractivity (Wildman–Crippen MR) is 232 cm³/mol. The molecule has 1 aliphatic rings. The van der Waals surface area contributed by atoms with E-state index in [1.807, 2.05) is 12.1 Å². The Morgan fingerprint density at radius 3 is 2.16 bits per heavy atom. The second-order valence-electron chi connectivity index (χ2n) is 14.8. The molecule has 8 N–H and O–H groups in total. The van der Waals surface area contributed by atoms with Gasteiger partial charge in [0.2, 0.25) is 23.6 Å². The third-order valence-corrected chi connectivity index (χ3v) is 11.0. The number of carbonyl (C=O) groups is 5. The molecular formula is C44H49ClN6O9S. The maximum absolute atomic E-state index is 14.5. The fraction of sp³-hybridized carbons (Fsp3) is 0.295. The Hall–Kier alpha value is -6.23. The van der Waals surface area contributed by atoms with E-state index in [1.54, 1.807) is 36.4 Å². The van der Waals surface area contributed by atoms with E-state index in [2.05, 4.69) is 21.3 Å². The van der Waals surface area contributed by atoms with Crippen LogP contribution in [-0.4, -0.2) is 97.6 Å². The predicted octanol–water partition coefficient (Wildman–Crippen LogP) is 3.73. The number of nitrogens with zero attached hydrogens (tertiary/aromatic N) is 1. The summed E-state index contributed by atoms with van der Waals surface area (Å²) in [6.45, 7) is 1.57. The quantitative estimate of drug-likeness (QED) is 0.0962. The highest BCUT2D eigenvalue weighted by molar-refractivity contribution is 7.93. The monoisotopic (exact) mass is 872 g/mol. The molecule has 322 valence electrons. The molecule has 4 bridgehead atoms. The van der Waals surface area contributed by atoms with Crippen LogP contribution in [0.25, 0.3) is 22.3 Å². The van der Waals surface area contributed by atoms with E-state index in [0.29, 0.717) is 30.0 Å². The van der Waals surface area contributed by atoms with Gasteiger partial charge in [-0.3, -0.25) is 24.0 Å². The van der Waals surface area contributed by atoms with E-state index in [0.717, 1.165) is 27.7 Å². The molecular weight excluding hydrogens is 824 g/mol. The third-order valence-electron chi connectivity index (χ3n) is 10.1. The number of nitrogens with two attached hydrogens (primary N) is 1. The third kappa shape index (κ3) is 12.2. The number of nitrogens with one attached hydrogen (secondary N) is 4. The van der Waals surface area contributed by atoms with E-state index in [1.165, 1.54) is 56.4 Å². The number of amides is 5. The molecule has 0 radical (unpaired) electrons. The molecule has 4 aromatic carbocycles. The van der Waals surface area contributed by atoms with Crippen LogP contribution in [0.1, 0.15) is 53.7 Å². The van der Waals surface area contributed by atoms with E-state index >= 15 is 0 Å². The van der Waals surface area contributed by atoms with Crippen molar-refractivity contribution in [3.8, 4) is 33.8 Å². The number of benzene rings is 4. The Balaban J connectivity index is 1.48. The van der Waals surface area contributed by atoms with Crippen molar-refractivity contribution in [1.29, 1.82) is 0 Å². The van der Waals surface area contributed by atoms with Gasteiger partial charge in [-0.1, -0.05) is 54.1 Å². The first-order valence-corrected chi connectivity index (χ1v) is 21.8. The lowest BCUT2D eigenvalue weighted by molar-refractivity contribution is -0.141. The largest absolute Gasteiger partial charge is 0.507 e. The Bertz CT molecular complexity index is 2410. The number of rotatable bonds is 13. The average Bonchev–Trinajstić information content (AvgIpc) is 3.22. The van der Waals surface area contributed by atoms with Crippen LogP contribution in [0.15, 0.2) is 96.4 Å². The fourth-order valence-corrected chi connectivity index (χ4v) is 7.41. The van der Waals surface area contributed by atoms with Gasteiger partial charge in [-0.25, -0.2) is 8.42 Å². The molecule has 61 heavy (non-hydrogen) atoms. The summed E-state index contributed by atoms with van der Waals surface area (Å²) in [6, 6.07) is 17.6. The van der Waals surface area contributed by atoms with Crippen LogP contribution in [0.3, 0.4) is 0 Å². The minimum Gasteiger partial charge on any atom is -0.507 e. The van der Waals surface area contributed by atoms with E-state index < -0.39 is 63.5 Å². The first kappa shape index (κ1) is 45.8. The van der Waals surface area contributed by atoms with Gasteiger partial charge >= 0.3 is 0 Å². The number of halogens is 1. The molecule has 5 amide bonds. The molecule has 0 saturated carbocycles. The molecule has 5 rings (SSSR count). The highest BCUT2D eigenvalue weighted by atomic mass is 35.5. The van der Waals surface area contributed by atoms with Crippen LogP contribution in [0.4, 0.5) is 0 Å². The number of fused-ring (bicyclic) bond motifs is 5. The number of carbonyl (C=O) groups excluding carboxylic acids is 5. The van der Waals surface area contributed by atoms with Gasteiger partial charge in [0.1, 0.15) is 35.7 Å². The van der Waals surface area contributed by atoms with Crippen LogP contribution >= 0.6 is 11.6 Å². The van der Waals surface area contributed by atoms with E-state index in [4.69, 9.17) is 17.3 Å². The molecule has 1 aliphatic heterocycles. The van der Waals surface area contributed by atoms with Crippen LogP contribution in [0.5, 0.6) is 11.5 Å². The first-order chi connectivity index (χ1) is 28.9. The first-order valence-electron chi connectivity index (χ1n) is 19.5. The molecule has 0 unspecified atom stereocenters. The van der Waals surface area contributed by atoms with Gasteiger partial charge in [-0.15, -0.1) is 0 Å². The zero-order valence-electron chi connectivity index (χ0n) is 33.9. The van der Waals surface area contributed by atoms with Crippen molar-refractivity contribution in [3.05, 3.63) is 118 Å². The number of likely N-dealkylation sites (N-methyl/N-ethyl adjacent to an activating group) is 1. The number of unbranched alkanes of at least 4 members (excludes halogenated alkanes) is 1. The molecule has 17 heteroatoms. The van der Waals surface area contributed by atoms with Gasteiger partial charge in [0.25, 0.3) is 5.91 Å². The van der Waals surface area contributed by atoms with Crippen molar-refractivity contribution in [3.63, 3.8) is 0 Å². The van der Waals surface area contributed by atoms with Crippen LogP contribution in [0.2, 0.25) is 5.02 Å². The standard InChI is InChI=1S/C44H49ClN6O9S/c1-26-40(54)50-36(42(56)47-21-6-22-61(3,59)60)24-27-8-18-37(52)33(23-27)34-25-31(15-19-38(34)53)39(43(57)48-26)51(2)44(58)35(7-4-5-20-46)49-41(55)30-11-9-28(10-12-30)29-13-16-32(45)17-14-29/h6,8-19,22-23,25-26,35-36,39,52-53H,4-5,7,20-21,24,46H2,1-3H3,(H,47,56)(H,48,57)(H,49,55)(H,50,54)/b22-6+/t26-,35-,36-,39-/m0/s1. The summed E-state index contributed by atoms with van der Waals surface area (Å²) in [6.07, 6.45) is 3.34. The Morgan fingerprint density at radius 1 is 0.902 bits per heavy atom. The van der Waals surface area contributed by atoms with Crippen LogP contribution < -0.4 is 27.0 Å². The highest BCUT2D eigenvalue weighted by Gasteiger charge is 2.36. The smallest absolute Gasteiger partial charge is 0.251 e. The number of phenolic OH excluding ortho intramolecular Hbond substituents is 2. The Kier molecular flexibility index (Phi) is 15.3. The number of hydrogen-bond acceptors (Lipinski definition) is 10. The fourth-order valence-electron chi connectivity index (χ4n) is 6.84. The lowest BCUT2D eigenvalue weighted by atomic mass is 9.93. The number of hydrogen-bond donors (Lipinski definition) is 7. The van der Waals surface area contributed by atoms with Gasteiger partial charge < -0.3 is 42.1 Å². The van der Waals surface area contributed by atoms with Gasteiger partial charge in [-0.05, 0) is 104 Å². The van der Waals surface area contributed by atoms with Crippen molar-refractivity contribution < 1.29 is 42.6 Å². The molecule has 15 nitrogen and oxygen atoms in total. The zero-order valence-corrected chi connectivity index (χ0v) is 35.4. The zero-order chi connectivity index (χ0) is 44.4. The maximum Gasteiger partial charge on any atom is 0.251 e. The summed E-state index contributed by atoms with van der Waals surface area (Å²) < 4.78 is 23.1. The molecule has 0 aliphatic carbocycles. The number of sulfone groups is 1. The Morgan fingerprint density at radius 2 is 1.52 bits per heavy atom. The Labute approximate surface area is 359 Å². The molecule has 4 aromatic rings. The van der Waals surface area contributed by atoms with Crippen molar-refractivity contribution >= 4 is 51.0 Å². The second kappa shape index (κ2) is 20.4. The number of aromatic hydroxyl groups is 2. The molecule has 0 spiro atoms. The van der Waals surface area contributed by atoms with Crippen LogP contribution in [-0.2, 0) is 35.4 Å². The van der Waals surface area contributed by atoms with Gasteiger partial charge in [0, 0.05) is 53.4 Å². The van der Waals surface area contributed by atoms with Gasteiger partial charge in [-0.2, -0.15) is 0 Å². The summed E-state index contributed by atoms with van der Waals surface area (Å²) in [5, 5.41) is 34.3. The normalized spacial score (nSPS) is 17.4. The van der Waals surface area contributed by atoms with Crippen molar-refractivity contribution in [1.82, 2.24) is 26.2 Å². The van der Waals surface area contributed by atoms with E-state index in [-0.39, 0.29) is 53.1 Å². The topological polar surface area (TPSA) is 237 Å². The van der Waals surface area contributed by atoms with Crippen molar-refractivity contribution in [2.45, 2.75) is 56.8 Å². The summed E-state index contributed by atoms with van der Waals surface area (Å²) in [5.74, 6) is -3.90. The molecule has 0 aromatic heterocycles. The SMILES string of the molecule is C[C@@H]1NC(=O)[C@@H](N(C)C(=O)[C@H](CCCCN)NC(=O)c2ccc(-c3ccc(Cl)cc3)cc2)c2ccc(O)c(c2)-c2cc(ccc2O)C[C@@H](C(=O)NC/C=C/S(C)(=O)=O)NC1=O. The van der Waals surface area contributed by atoms with Crippen LogP contribution in [0, 0.1) is 0 Å². The van der Waals surface area contributed by atoms with Gasteiger partial charge in [0.15, 0.2) is 9.84 Å². The summed E-state index contributed by atoms with van der Waals surface area (Å²) in [5.41, 5.74) is 8.70.